The van der Waals surface area contributed by atoms with Crippen molar-refractivity contribution in [2.45, 2.75) is 44.9 Å². The van der Waals surface area contributed by atoms with Crippen molar-refractivity contribution in [2.24, 2.45) is 4.99 Å². The molecule has 6 heteroatoms. The summed E-state index contributed by atoms with van der Waals surface area (Å²) in [6.45, 7) is 8.13. The van der Waals surface area contributed by atoms with E-state index in [1.165, 1.54) is 11.1 Å². The summed E-state index contributed by atoms with van der Waals surface area (Å²) in [5, 5.41) is 17.4. The van der Waals surface area contributed by atoms with E-state index in [0.717, 1.165) is 45.1 Å². The second-order valence-corrected chi connectivity index (χ2v) is 8.49. The molecule has 0 bridgehead atoms. The Morgan fingerprint density at radius 1 is 0.969 bits per heavy atom. The van der Waals surface area contributed by atoms with Crippen LogP contribution in [0.15, 0.2) is 65.7 Å². The fourth-order valence-corrected chi connectivity index (χ4v) is 3.88. The molecular formula is C26H38N4O2. The van der Waals surface area contributed by atoms with Gasteiger partial charge in [-0.15, -0.1) is 0 Å². The first-order chi connectivity index (χ1) is 15.7. The minimum atomic E-state index is -0.747. The van der Waals surface area contributed by atoms with Gasteiger partial charge in [-0.25, -0.2) is 0 Å². The van der Waals surface area contributed by atoms with Gasteiger partial charge in [-0.2, -0.15) is 0 Å². The van der Waals surface area contributed by atoms with Crippen LogP contribution in [0.25, 0.3) is 0 Å². The smallest absolute Gasteiger partial charge is 0.191 e. The van der Waals surface area contributed by atoms with E-state index < -0.39 is 5.60 Å². The Hall–Kier alpha value is -2.41. The van der Waals surface area contributed by atoms with Gasteiger partial charge in [0.05, 0.1) is 12.1 Å². The molecule has 1 fully saturated rings. The average molecular weight is 439 g/mol. The molecule has 0 unspecified atom stereocenters. The second-order valence-electron chi connectivity index (χ2n) is 8.49. The normalized spacial score (nSPS) is 16.2. The Morgan fingerprint density at radius 2 is 1.56 bits per heavy atom. The molecule has 0 aliphatic carbocycles. The fourth-order valence-electron chi connectivity index (χ4n) is 3.88. The average Bonchev–Trinajstić information content (AvgIpc) is 2.82. The van der Waals surface area contributed by atoms with E-state index in [-0.39, 0.29) is 0 Å². The lowest BCUT2D eigenvalue weighted by atomic mass is 9.95. The van der Waals surface area contributed by atoms with E-state index in [1.54, 1.807) is 0 Å². The Balaban J connectivity index is 1.50. The third-order valence-corrected chi connectivity index (χ3v) is 5.74. The second kappa shape index (κ2) is 13.2. The third-order valence-electron chi connectivity index (χ3n) is 5.74. The van der Waals surface area contributed by atoms with Crippen LogP contribution in [0.1, 0.15) is 37.3 Å². The summed E-state index contributed by atoms with van der Waals surface area (Å²) in [4.78, 5) is 7.12. The Labute approximate surface area is 192 Å². The van der Waals surface area contributed by atoms with Gasteiger partial charge in [0, 0.05) is 58.8 Å². The Kier molecular flexibility index (Phi) is 10.0. The van der Waals surface area contributed by atoms with Crippen LogP contribution in [0.2, 0.25) is 0 Å². The highest BCUT2D eigenvalue weighted by Crippen LogP contribution is 2.20. The number of hydrogen-bond donors (Lipinski definition) is 3. The summed E-state index contributed by atoms with van der Waals surface area (Å²) in [5.41, 5.74) is 1.91. The Morgan fingerprint density at radius 3 is 2.12 bits per heavy atom. The quantitative estimate of drug-likeness (QED) is 0.286. The molecule has 2 aromatic carbocycles. The van der Waals surface area contributed by atoms with E-state index in [9.17, 15) is 5.11 Å². The molecule has 0 radical (unpaired) electrons. The first-order valence-electron chi connectivity index (χ1n) is 11.8. The lowest BCUT2D eigenvalue weighted by Gasteiger charge is -2.30. The zero-order valence-electron chi connectivity index (χ0n) is 19.3. The summed E-state index contributed by atoms with van der Waals surface area (Å²) in [6, 6.07) is 21.3. The lowest BCUT2D eigenvalue weighted by Crippen LogP contribution is -2.43. The molecule has 0 aromatic heterocycles. The van der Waals surface area contributed by atoms with Crippen LogP contribution >= 0.6 is 0 Å². The molecule has 32 heavy (non-hydrogen) atoms. The molecule has 1 heterocycles. The van der Waals surface area contributed by atoms with Crippen LogP contribution in [-0.2, 0) is 17.8 Å². The number of hydrogen-bond acceptors (Lipinski definition) is 4. The van der Waals surface area contributed by atoms with Crippen molar-refractivity contribution in [3.63, 3.8) is 0 Å². The lowest BCUT2D eigenvalue weighted by molar-refractivity contribution is -0.0565. The van der Waals surface area contributed by atoms with Gasteiger partial charge >= 0.3 is 0 Å². The summed E-state index contributed by atoms with van der Waals surface area (Å²) < 4.78 is 5.36. The molecule has 0 atom stereocenters. The number of nitrogens with zero attached hydrogens (tertiary/aromatic N) is 2. The zero-order valence-corrected chi connectivity index (χ0v) is 19.3. The largest absolute Gasteiger partial charge is 0.388 e. The van der Waals surface area contributed by atoms with E-state index in [1.807, 2.05) is 0 Å². The maximum Gasteiger partial charge on any atom is 0.191 e. The van der Waals surface area contributed by atoms with Gasteiger partial charge in [-0.3, -0.25) is 9.89 Å². The van der Waals surface area contributed by atoms with Crippen molar-refractivity contribution in [1.29, 1.82) is 0 Å². The summed E-state index contributed by atoms with van der Waals surface area (Å²) >= 11 is 0. The molecule has 2 aromatic rings. The monoisotopic (exact) mass is 438 g/mol. The molecule has 1 aliphatic heterocycles. The molecule has 6 nitrogen and oxygen atoms in total. The van der Waals surface area contributed by atoms with Crippen LogP contribution in [0.5, 0.6) is 0 Å². The molecule has 174 valence electrons. The van der Waals surface area contributed by atoms with Crippen molar-refractivity contribution in [3.05, 3.63) is 71.8 Å². The summed E-state index contributed by atoms with van der Waals surface area (Å²) in [5.74, 6) is 0.769. The van der Waals surface area contributed by atoms with E-state index in [0.29, 0.717) is 32.6 Å². The van der Waals surface area contributed by atoms with E-state index >= 15 is 0 Å². The highest BCUT2D eigenvalue weighted by Gasteiger charge is 2.29. The summed E-state index contributed by atoms with van der Waals surface area (Å²) in [6.07, 6.45) is 2.29. The number of ether oxygens (including phenoxy) is 1. The SMILES string of the molecule is CCNC(=NCC1(O)CCOCC1)NCCCN(Cc1ccccc1)Cc1ccccc1. The van der Waals surface area contributed by atoms with Crippen LogP contribution in [-0.4, -0.2) is 61.0 Å². The number of guanidine groups is 1. The molecule has 3 rings (SSSR count). The van der Waals surface area contributed by atoms with E-state index in [4.69, 9.17) is 4.74 Å². The molecule has 0 saturated carbocycles. The molecule has 0 amide bonds. The zero-order chi connectivity index (χ0) is 22.5. The molecule has 3 N–H and O–H groups in total. The van der Waals surface area contributed by atoms with Gasteiger partial charge in [0.1, 0.15) is 0 Å². The van der Waals surface area contributed by atoms with Crippen molar-refractivity contribution in [2.75, 3.05) is 39.4 Å². The van der Waals surface area contributed by atoms with Crippen molar-refractivity contribution in [3.8, 4) is 0 Å². The van der Waals surface area contributed by atoms with Crippen LogP contribution in [0.3, 0.4) is 0 Å². The summed E-state index contributed by atoms with van der Waals surface area (Å²) in [7, 11) is 0. The number of nitrogens with one attached hydrogen (secondary N) is 2. The first kappa shape index (κ1) is 24.2. The van der Waals surface area contributed by atoms with Crippen molar-refractivity contribution >= 4 is 5.96 Å². The standard InChI is InChI=1S/C26H38N4O2/c1-2-27-25(29-22-26(31)14-18-32-19-15-26)28-16-9-17-30(20-23-10-5-3-6-11-23)21-24-12-7-4-8-13-24/h3-8,10-13,31H,2,9,14-22H2,1H3,(H2,27,28,29). The molecule has 1 aliphatic rings. The van der Waals surface area contributed by atoms with Crippen LogP contribution in [0.4, 0.5) is 0 Å². The molecule has 1 saturated heterocycles. The predicted octanol–water partition coefficient (Wildman–Crippen LogP) is 3.18. The number of aliphatic hydroxyl groups is 1. The molecule has 0 spiro atoms. The number of rotatable bonds is 11. The van der Waals surface area contributed by atoms with E-state index in [2.05, 4.69) is 88.1 Å². The topological polar surface area (TPSA) is 69.1 Å². The van der Waals surface area contributed by atoms with Crippen LogP contribution in [0, 0.1) is 0 Å². The van der Waals surface area contributed by atoms with Gasteiger partial charge in [0.25, 0.3) is 0 Å². The maximum atomic E-state index is 10.7. The number of benzene rings is 2. The highest BCUT2D eigenvalue weighted by molar-refractivity contribution is 5.79. The van der Waals surface area contributed by atoms with Gasteiger partial charge in [0.15, 0.2) is 5.96 Å². The maximum absolute atomic E-state index is 10.7. The molecular weight excluding hydrogens is 400 g/mol. The minimum absolute atomic E-state index is 0.403. The van der Waals surface area contributed by atoms with Crippen molar-refractivity contribution < 1.29 is 9.84 Å². The van der Waals surface area contributed by atoms with Gasteiger partial charge in [0.2, 0.25) is 0 Å². The van der Waals surface area contributed by atoms with Gasteiger partial charge in [-0.1, -0.05) is 60.7 Å². The van der Waals surface area contributed by atoms with Crippen LogP contribution < -0.4 is 10.6 Å². The highest BCUT2D eigenvalue weighted by atomic mass is 16.5. The third kappa shape index (κ3) is 8.61. The predicted molar refractivity (Wildman–Crippen MR) is 131 cm³/mol. The minimum Gasteiger partial charge on any atom is -0.388 e. The van der Waals surface area contributed by atoms with Gasteiger partial charge in [-0.05, 0) is 24.5 Å². The first-order valence-corrected chi connectivity index (χ1v) is 11.8. The number of aliphatic imine (C=N–C) groups is 1. The van der Waals surface area contributed by atoms with Crippen molar-refractivity contribution in [1.82, 2.24) is 15.5 Å². The Bertz CT molecular complexity index is 750. The van der Waals surface area contributed by atoms with Gasteiger partial charge < -0.3 is 20.5 Å². The fraction of sp³-hybridized carbons (Fsp3) is 0.500.